The summed E-state index contributed by atoms with van der Waals surface area (Å²) in [6, 6.07) is 5.76. The van der Waals surface area contributed by atoms with Crippen LogP contribution in [0.25, 0.3) is 0 Å². The van der Waals surface area contributed by atoms with E-state index >= 15 is 0 Å². The summed E-state index contributed by atoms with van der Waals surface area (Å²) < 4.78 is 31.3. The van der Waals surface area contributed by atoms with Crippen LogP contribution in [0.4, 0.5) is 0 Å². The van der Waals surface area contributed by atoms with E-state index < -0.39 is 10.0 Å². The van der Waals surface area contributed by atoms with Crippen molar-refractivity contribution in [3.05, 3.63) is 29.3 Å². The number of hydrogen-bond acceptors (Lipinski definition) is 3. The van der Waals surface area contributed by atoms with Crippen molar-refractivity contribution in [2.45, 2.75) is 39.7 Å². The first-order valence-electron chi connectivity index (χ1n) is 6.65. The molecule has 0 heterocycles. The summed E-state index contributed by atoms with van der Waals surface area (Å²) in [5, 5.41) is 0. The predicted octanol–water partition coefficient (Wildman–Crippen LogP) is 2.48. The van der Waals surface area contributed by atoms with Crippen molar-refractivity contribution >= 4 is 10.0 Å². The number of nitrogens with one attached hydrogen (secondary N) is 1. The molecule has 0 amide bonds. The lowest BCUT2D eigenvalue weighted by Crippen LogP contribution is -2.25. The van der Waals surface area contributed by atoms with Crippen molar-refractivity contribution in [3.8, 4) is 5.75 Å². The first-order valence-corrected chi connectivity index (χ1v) is 8.30. The average Bonchev–Trinajstić information content (AvgIpc) is 2.42. The highest BCUT2D eigenvalue weighted by Crippen LogP contribution is 2.20. The van der Waals surface area contributed by atoms with Gasteiger partial charge in [-0.1, -0.05) is 32.4 Å². The molecule has 0 aliphatic rings. The number of methoxy groups -OCH3 is 1. The van der Waals surface area contributed by atoms with E-state index in [0.717, 1.165) is 29.7 Å². The minimum atomic E-state index is -3.16. The third-order valence-corrected chi connectivity index (χ3v) is 4.40. The molecular weight excluding hydrogens is 262 g/mol. The third kappa shape index (κ3) is 5.20. The number of aryl methyl sites for hydroxylation is 1. The summed E-state index contributed by atoms with van der Waals surface area (Å²) in [5.74, 6) is 1.04. The maximum Gasteiger partial charge on any atom is 0.211 e. The van der Waals surface area contributed by atoms with E-state index in [1.54, 1.807) is 7.11 Å². The molecule has 0 saturated carbocycles. The standard InChI is InChI=1S/C14H23NO3S/c1-4-6-9-19(16,17)15-11-12-7-8-14(18-3)13(5-2)10-12/h7-8,10,15H,4-6,9,11H2,1-3H3. The number of unbranched alkanes of at least 4 members (excludes halogenated alkanes) is 1. The first kappa shape index (κ1) is 16.0. The SMILES string of the molecule is CCCCS(=O)(=O)NCc1ccc(OC)c(CC)c1. The lowest BCUT2D eigenvalue weighted by molar-refractivity contribution is 0.410. The highest BCUT2D eigenvalue weighted by Gasteiger charge is 2.09. The average molecular weight is 285 g/mol. The Morgan fingerprint density at radius 3 is 2.58 bits per heavy atom. The molecule has 0 bridgehead atoms. The van der Waals surface area contributed by atoms with Gasteiger partial charge < -0.3 is 4.74 Å². The second-order valence-electron chi connectivity index (χ2n) is 4.49. The van der Waals surface area contributed by atoms with Gasteiger partial charge >= 0.3 is 0 Å². The highest BCUT2D eigenvalue weighted by atomic mass is 32.2. The Balaban J connectivity index is 2.68. The van der Waals surface area contributed by atoms with Gasteiger partial charge in [-0.2, -0.15) is 0 Å². The lowest BCUT2D eigenvalue weighted by atomic mass is 10.1. The van der Waals surface area contributed by atoms with Gasteiger partial charge in [0.15, 0.2) is 0 Å². The predicted molar refractivity (Wildman–Crippen MR) is 77.9 cm³/mol. The van der Waals surface area contributed by atoms with Gasteiger partial charge in [0.05, 0.1) is 12.9 Å². The number of rotatable bonds is 8. The molecule has 1 rings (SSSR count). The third-order valence-electron chi connectivity index (χ3n) is 2.99. The Hall–Kier alpha value is -1.07. The van der Waals surface area contributed by atoms with Crippen LogP contribution in [-0.2, 0) is 23.0 Å². The van der Waals surface area contributed by atoms with Crippen LogP contribution in [0.3, 0.4) is 0 Å². The minimum absolute atomic E-state index is 0.195. The van der Waals surface area contributed by atoms with Crippen molar-refractivity contribution in [1.82, 2.24) is 4.72 Å². The quantitative estimate of drug-likeness (QED) is 0.798. The molecule has 5 heteroatoms. The van der Waals surface area contributed by atoms with E-state index in [1.165, 1.54) is 0 Å². The summed E-state index contributed by atoms with van der Waals surface area (Å²) in [7, 11) is -1.52. The molecule has 1 N–H and O–H groups in total. The zero-order valence-corrected chi connectivity index (χ0v) is 12.7. The van der Waals surface area contributed by atoms with Crippen molar-refractivity contribution in [2.24, 2.45) is 0 Å². The van der Waals surface area contributed by atoms with Gasteiger partial charge in [0.1, 0.15) is 5.75 Å². The van der Waals surface area contributed by atoms with Crippen molar-refractivity contribution in [3.63, 3.8) is 0 Å². The van der Waals surface area contributed by atoms with Crippen LogP contribution in [0, 0.1) is 0 Å². The minimum Gasteiger partial charge on any atom is -0.496 e. The Kier molecular flexibility index (Phi) is 6.31. The maximum atomic E-state index is 11.7. The van der Waals surface area contributed by atoms with Gasteiger partial charge in [0.25, 0.3) is 0 Å². The van der Waals surface area contributed by atoms with Crippen LogP contribution in [0.15, 0.2) is 18.2 Å². The molecule has 0 radical (unpaired) electrons. The van der Waals surface area contributed by atoms with Crippen molar-refractivity contribution in [1.29, 1.82) is 0 Å². The molecule has 0 unspecified atom stereocenters. The first-order chi connectivity index (χ1) is 9.02. The summed E-state index contributed by atoms with van der Waals surface area (Å²) in [6.07, 6.45) is 2.43. The molecule has 0 atom stereocenters. The number of hydrogen-bond donors (Lipinski definition) is 1. The summed E-state index contributed by atoms with van der Waals surface area (Å²) in [4.78, 5) is 0. The normalized spacial score (nSPS) is 11.5. The van der Waals surface area contributed by atoms with Crippen LogP contribution in [-0.4, -0.2) is 21.3 Å². The molecule has 0 aliphatic carbocycles. The van der Waals surface area contributed by atoms with Crippen LogP contribution in [0.2, 0.25) is 0 Å². The monoisotopic (exact) mass is 285 g/mol. The van der Waals surface area contributed by atoms with Gasteiger partial charge in [0, 0.05) is 6.54 Å². The Labute approximate surface area is 116 Å². The summed E-state index contributed by atoms with van der Waals surface area (Å²) in [5.41, 5.74) is 2.05. The van der Waals surface area contributed by atoms with E-state index in [9.17, 15) is 8.42 Å². The van der Waals surface area contributed by atoms with Crippen LogP contribution in [0.5, 0.6) is 5.75 Å². The lowest BCUT2D eigenvalue weighted by Gasteiger charge is -2.10. The smallest absolute Gasteiger partial charge is 0.211 e. The zero-order chi connectivity index (χ0) is 14.3. The summed E-state index contributed by atoms with van der Waals surface area (Å²) >= 11 is 0. The molecule has 0 saturated heterocycles. The molecule has 4 nitrogen and oxygen atoms in total. The number of sulfonamides is 1. The van der Waals surface area contributed by atoms with Crippen LogP contribution in [0.1, 0.15) is 37.8 Å². The van der Waals surface area contributed by atoms with Crippen molar-refractivity contribution in [2.75, 3.05) is 12.9 Å². The summed E-state index contributed by atoms with van der Waals surface area (Å²) in [6.45, 7) is 4.36. The van der Waals surface area contributed by atoms with Crippen molar-refractivity contribution < 1.29 is 13.2 Å². The van der Waals surface area contributed by atoms with E-state index in [2.05, 4.69) is 4.72 Å². The molecule has 19 heavy (non-hydrogen) atoms. The van der Waals surface area contributed by atoms with E-state index in [0.29, 0.717) is 13.0 Å². The second-order valence-corrected chi connectivity index (χ2v) is 6.42. The van der Waals surface area contributed by atoms with Gasteiger partial charge in [-0.25, -0.2) is 13.1 Å². The highest BCUT2D eigenvalue weighted by molar-refractivity contribution is 7.89. The number of ether oxygens (including phenoxy) is 1. The topological polar surface area (TPSA) is 55.4 Å². The molecule has 0 aromatic heterocycles. The van der Waals surface area contributed by atoms with Crippen LogP contribution < -0.4 is 9.46 Å². The zero-order valence-electron chi connectivity index (χ0n) is 11.9. The fourth-order valence-electron chi connectivity index (χ4n) is 1.82. The molecular formula is C14H23NO3S. The van der Waals surface area contributed by atoms with E-state index in [4.69, 9.17) is 4.74 Å². The van der Waals surface area contributed by atoms with Gasteiger partial charge in [-0.05, 0) is 30.0 Å². The largest absolute Gasteiger partial charge is 0.496 e. The fourth-order valence-corrected chi connectivity index (χ4v) is 3.02. The Morgan fingerprint density at radius 2 is 2.00 bits per heavy atom. The molecule has 0 spiro atoms. The van der Waals surface area contributed by atoms with Gasteiger partial charge in [0.2, 0.25) is 10.0 Å². The van der Waals surface area contributed by atoms with Crippen LogP contribution >= 0.6 is 0 Å². The molecule has 108 valence electrons. The van der Waals surface area contributed by atoms with E-state index in [1.807, 2.05) is 32.0 Å². The molecule has 0 fully saturated rings. The second kappa shape index (κ2) is 7.50. The Morgan fingerprint density at radius 1 is 1.26 bits per heavy atom. The maximum absolute atomic E-state index is 11.7. The van der Waals surface area contributed by atoms with Gasteiger partial charge in [-0.3, -0.25) is 0 Å². The number of benzene rings is 1. The molecule has 1 aromatic rings. The fraction of sp³-hybridized carbons (Fsp3) is 0.571. The molecule has 0 aliphatic heterocycles. The molecule has 1 aromatic carbocycles. The Bertz CT molecular complexity index is 497. The van der Waals surface area contributed by atoms with Gasteiger partial charge in [-0.15, -0.1) is 0 Å². The van der Waals surface area contributed by atoms with E-state index in [-0.39, 0.29) is 5.75 Å².